The first-order chi connectivity index (χ1) is 14.0. The number of rotatable bonds is 5. The lowest BCUT2D eigenvalue weighted by molar-refractivity contribution is -0.179. The lowest BCUT2D eigenvalue weighted by atomic mass is 9.47. The normalized spacial score (nSPS) is 53.1. The van der Waals surface area contributed by atoms with Crippen LogP contribution in [-0.2, 0) is 14.2 Å². The van der Waals surface area contributed by atoms with E-state index in [-0.39, 0.29) is 28.6 Å². The van der Waals surface area contributed by atoms with Gasteiger partial charge in [0.15, 0.2) is 0 Å². The molecule has 4 fully saturated rings. The van der Waals surface area contributed by atoms with Gasteiger partial charge in [0, 0.05) is 38.1 Å². The number of ether oxygens (including phenoxy) is 3. The summed E-state index contributed by atoms with van der Waals surface area (Å²) in [6.45, 7) is 7.39. The van der Waals surface area contributed by atoms with Crippen LogP contribution < -0.4 is 0 Å². The molecule has 1 heterocycles. The van der Waals surface area contributed by atoms with Crippen LogP contribution >= 0.6 is 0 Å². The van der Waals surface area contributed by atoms with E-state index in [1.165, 1.54) is 17.6 Å². The second kappa shape index (κ2) is 6.07. The molecule has 0 amide bonds. The summed E-state index contributed by atoms with van der Waals surface area (Å²) in [7, 11) is 3.61. The third-order valence-electron chi connectivity index (χ3n) is 10.0. The second-order valence-electron chi connectivity index (χ2n) is 10.8. The number of hydrogen-bond donors (Lipinski definition) is 1. The molecule has 161 valence electrons. The quantitative estimate of drug-likeness (QED) is 0.566. The Morgan fingerprint density at radius 3 is 2.72 bits per heavy atom. The summed E-state index contributed by atoms with van der Waals surface area (Å²) in [6, 6.07) is 0.431. The first kappa shape index (κ1) is 19.2. The van der Waals surface area contributed by atoms with E-state index in [4.69, 9.17) is 14.2 Å². The van der Waals surface area contributed by atoms with Gasteiger partial charge in [-0.3, -0.25) is 4.90 Å². The van der Waals surface area contributed by atoms with Crippen LogP contribution in [0.2, 0.25) is 0 Å². The van der Waals surface area contributed by atoms with Crippen LogP contribution in [-0.4, -0.2) is 68.0 Å². The van der Waals surface area contributed by atoms with E-state index in [1.807, 2.05) is 7.11 Å². The van der Waals surface area contributed by atoms with Crippen molar-refractivity contribution in [1.82, 2.24) is 4.90 Å². The molecule has 0 aromatic heterocycles. The second-order valence-corrected chi connectivity index (χ2v) is 10.8. The third-order valence-corrected chi connectivity index (χ3v) is 10.0. The van der Waals surface area contributed by atoms with Crippen molar-refractivity contribution in [1.29, 1.82) is 0 Å². The number of fused-ring (bicyclic) bond motifs is 2. The molecule has 7 bridgehead atoms. The number of methoxy groups -OCH3 is 2. The zero-order valence-corrected chi connectivity index (χ0v) is 18.4. The molecule has 0 aromatic carbocycles. The van der Waals surface area contributed by atoms with Crippen molar-refractivity contribution in [3.05, 3.63) is 17.1 Å². The van der Waals surface area contributed by atoms with Gasteiger partial charge in [-0.25, -0.2) is 0 Å². The fraction of sp³-hybridized carbons (Fsp3) is 0.875. The smallest absolute Gasteiger partial charge is 0.146 e. The zero-order chi connectivity index (χ0) is 20.2. The van der Waals surface area contributed by atoms with Crippen LogP contribution in [0.15, 0.2) is 11.1 Å². The van der Waals surface area contributed by atoms with Gasteiger partial charge in [-0.05, 0) is 67.9 Å². The molecule has 29 heavy (non-hydrogen) atoms. The fourth-order valence-corrected chi connectivity index (χ4v) is 9.21. The molecule has 1 aliphatic heterocycles. The number of nitrogens with zero attached hydrogens (tertiary/aromatic N) is 1. The Bertz CT molecular complexity index is 753. The van der Waals surface area contributed by atoms with Crippen LogP contribution in [0.5, 0.6) is 0 Å². The average Bonchev–Trinajstić information content (AvgIpc) is 3.11. The van der Waals surface area contributed by atoms with Gasteiger partial charge in [0.05, 0.1) is 17.8 Å². The van der Waals surface area contributed by atoms with Gasteiger partial charge in [-0.1, -0.05) is 19.4 Å². The highest BCUT2D eigenvalue weighted by molar-refractivity contribution is 5.56. The maximum atomic E-state index is 11.4. The molecule has 2 unspecified atom stereocenters. The van der Waals surface area contributed by atoms with Crippen LogP contribution in [0.4, 0.5) is 0 Å². The summed E-state index contributed by atoms with van der Waals surface area (Å²) in [5.41, 5.74) is 2.67. The molecule has 8 atom stereocenters. The van der Waals surface area contributed by atoms with E-state index in [2.05, 4.69) is 18.7 Å². The fourth-order valence-electron chi connectivity index (χ4n) is 9.21. The minimum absolute atomic E-state index is 0.0537. The highest BCUT2D eigenvalue weighted by Gasteiger charge is 2.79. The molecule has 5 aliphatic carbocycles. The lowest BCUT2D eigenvalue weighted by Crippen LogP contribution is -2.70. The molecule has 0 aromatic rings. The van der Waals surface area contributed by atoms with Crippen LogP contribution in [0.1, 0.15) is 52.4 Å². The summed E-state index contributed by atoms with van der Waals surface area (Å²) in [5.74, 6) is 2.51. The number of hydrogen-bond acceptors (Lipinski definition) is 5. The van der Waals surface area contributed by atoms with Crippen LogP contribution in [0.3, 0.4) is 0 Å². The molecule has 5 heteroatoms. The Morgan fingerprint density at radius 1 is 1.17 bits per heavy atom. The molecule has 3 saturated carbocycles. The number of aliphatic hydroxyl groups excluding tert-OH is 1. The van der Waals surface area contributed by atoms with E-state index in [0.29, 0.717) is 24.7 Å². The summed E-state index contributed by atoms with van der Waals surface area (Å²) in [4.78, 5) is 2.76. The zero-order valence-electron chi connectivity index (χ0n) is 18.4. The van der Waals surface area contributed by atoms with Gasteiger partial charge in [-0.2, -0.15) is 0 Å². The van der Waals surface area contributed by atoms with Crippen LogP contribution in [0.25, 0.3) is 0 Å². The summed E-state index contributed by atoms with van der Waals surface area (Å²) in [6.07, 6.45) is 6.38. The Balaban J connectivity index is 1.62. The Morgan fingerprint density at radius 2 is 2.00 bits per heavy atom. The standard InChI is InChI=1S/C24H36NO4/c1-5-25-12-22(2)8-7-18(29-13-27-3)24-15-10-14-6-9-23(28-4,19(15)20(14)26)16(21(24)25)11-17(22)24/h14,16,18,20-21,26H,5-13H2,1-4H3/t14-,16?,18-,20-,21+,22-,23-,24?/m0/s1. The van der Waals surface area contributed by atoms with Crippen molar-refractivity contribution in [3.63, 3.8) is 0 Å². The Kier molecular flexibility index (Phi) is 4.03. The average molecular weight is 403 g/mol. The molecule has 5 nitrogen and oxygen atoms in total. The van der Waals surface area contributed by atoms with E-state index in [1.54, 1.807) is 13.0 Å². The van der Waals surface area contributed by atoms with Crippen molar-refractivity contribution in [2.75, 3.05) is 34.1 Å². The molecular weight excluding hydrogens is 366 g/mol. The van der Waals surface area contributed by atoms with Crippen molar-refractivity contribution < 1.29 is 19.3 Å². The van der Waals surface area contributed by atoms with Crippen molar-refractivity contribution >= 4 is 0 Å². The summed E-state index contributed by atoms with van der Waals surface area (Å²) >= 11 is 0. The Hall–Kier alpha value is -0.460. The molecule has 1 radical (unpaired) electrons. The summed E-state index contributed by atoms with van der Waals surface area (Å²) in [5, 5.41) is 11.4. The molecule has 1 spiro atoms. The summed E-state index contributed by atoms with van der Waals surface area (Å²) < 4.78 is 18.3. The van der Waals surface area contributed by atoms with Gasteiger partial charge in [-0.15, -0.1) is 0 Å². The van der Waals surface area contributed by atoms with Crippen molar-refractivity contribution in [2.45, 2.75) is 76.2 Å². The number of aliphatic hydroxyl groups is 1. The van der Waals surface area contributed by atoms with Gasteiger partial charge in [0.2, 0.25) is 0 Å². The first-order valence-corrected chi connectivity index (χ1v) is 11.7. The van der Waals surface area contributed by atoms with Gasteiger partial charge >= 0.3 is 0 Å². The predicted molar refractivity (Wildman–Crippen MR) is 109 cm³/mol. The maximum Gasteiger partial charge on any atom is 0.146 e. The molecule has 6 rings (SSSR count). The van der Waals surface area contributed by atoms with Gasteiger partial charge < -0.3 is 19.3 Å². The Labute approximate surface area is 174 Å². The van der Waals surface area contributed by atoms with E-state index in [9.17, 15) is 5.11 Å². The number of piperidine rings is 1. The largest absolute Gasteiger partial charge is 0.388 e. The predicted octanol–water partition coefficient (Wildman–Crippen LogP) is 2.93. The monoisotopic (exact) mass is 402 g/mol. The lowest BCUT2D eigenvalue weighted by Gasteiger charge is -2.66. The van der Waals surface area contributed by atoms with E-state index in [0.717, 1.165) is 45.2 Å². The molecule has 6 aliphatic rings. The van der Waals surface area contributed by atoms with Gasteiger partial charge in [0.1, 0.15) is 6.79 Å². The minimum atomic E-state index is -0.330. The maximum absolute atomic E-state index is 11.4. The highest BCUT2D eigenvalue weighted by atomic mass is 16.7. The van der Waals surface area contributed by atoms with E-state index >= 15 is 0 Å². The first-order valence-electron chi connectivity index (χ1n) is 11.7. The third kappa shape index (κ3) is 1.97. The topological polar surface area (TPSA) is 51.2 Å². The minimum Gasteiger partial charge on any atom is -0.388 e. The highest BCUT2D eigenvalue weighted by Crippen LogP contribution is 2.78. The molecule has 1 N–H and O–H groups in total. The van der Waals surface area contributed by atoms with Crippen molar-refractivity contribution in [2.24, 2.45) is 22.7 Å². The molecular formula is C24H36NO4. The van der Waals surface area contributed by atoms with Gasteiger partial charge in [0.25, 0.3) is 0 Å². The van der Waals surface area contributed by atoms with Crippen LogP contribution in [0, 0.1) is 28.6 Å². The SMILES string of the molecule is CCN1C[C@]2(C)CC[C@H](OCOC)C34[C]2CC([C@@H]13)[C@@]1(OC)CC[C@H]2CC4=C1[C@H]2O. The van der Waals surface area contributed by atoms with Crippen molar-refractivity contribution in [3.8, 4) is 0 Å². The van der Waals surface area contributed by atoms with E-state index < -0.39 is 0 Å². The molecule has 1 saturated heterocycles. The number of likely N-dealkylation sites (tertiary alicyclic amines) is 1.